The van der Waals surface area contributed by atoms with Gasteiger partial charge in [-0.25, -0.2) is 13.8 Å². The molecular formula is C32H29BrClN3O5S. The molecule has 0 atom stereocenters. The van der Waals surface area contributed by atoms with E-state index in [1.165, 1.54) is 17.6 Å². The van der Waals surface area contributed by atoms with Gasteiger partial charge in [0, 0.05) is 5.02 Å². The number of nitrogens with one attached hydrogen (secondary N) is 1. The van der Waals surface area contributed by atoms with Gasteiger partial charge in [-0.3, -0.25) is 9.10 Å². The van der Waals surface area contributed by atoms with Crippen molar-refractivity contribution in [3.63, 3.8) is 0 Å². The lowest BCUT2D eigenvalue weighted by molar-refractivity contribution is 0.0955. The van der Waals surface area contributed by atoms with E-state index in [-0.39, 0.29) is 22.7 Å². The number of methoxy groups -OCH3 is 1. The minimum Gasteiger partial charge on any atom is -0.493 e. The van der Waals surface area contributed by atoms with Crippen LogP contribution in [0.4, 0.5) is 5.69 Å². The molecular weight excluding hydrogens is 654 g/mol. The monoisotopic (exact) mass is 681 g/mol. The third kappa shape index (κ3) is 7.84. The van der Waals surface area contributed by atoms with Crippen molar-refractivity contribution in [1.82, 2.24) is 5.43 Å². The molecule has 0 saturated carbocycles. The molecule has 1 amide bonds. The molecule has 0 unspecified atom stereocenters. The maximum absolute atomic E-state index is 14.0. The number of hydrogen-bond donors (Lipinski definition) is 1. The summed E-state index contributed by atoms with van der Waals surface area (Å²) in [5, 5.41) is 4.64. The molecule has 4 rings (SSSR count). The Morgan fingerprint density at radius 3 is 2.44 bits per heavy atom. The predicted octanol–water partition coefficient (Wildman–Crippen LogP) is 7.14. The molecule has 0 aliphatic rings. The quantitative estimate of drug-likeness (QED) is 0.0974. The molecule has 43 heavy (non-hydrogen) atoms. The number of carbonyl (C=O) groups is 1. The molecule has 4 aromatic carbocycles. The van der Waals surface area contributed by atoms with E-state index in [1.54, 1.807) is 91.0 Å². The minimum absolute atomic E-state index is 0.0327. The van der Waals surface area contributed by atoms with E-state index >= 15 is 0 Å². The van der Waals surface area contributed by atoms with Crippen LogP contribution in [0, 0.1) is 6.92 Å². The molecule has 0 aromatic heterocycles. The Balaban J connectivity index is 1.66. The number of para-hydroxylation sites is 1. The molecule has 0 aliphatic heterocycles. The summed E-state index contributed by atoms with van der Waals surface area (Å²) in [6.07, 6.45) is 3.07. The number of benzene rings is 4. The highest BCUT2D eigenvalue weighted by Crippen LogP contribution is 2.36. The second-order valence-corrected chi connectivity index (χ2v) is 12.5. The molecule has 0 bridgehead atoms. The fraction of sp³-hybridized carbons (Fsp3) is 0.125. The smallest absolute Gasteiger partial charge is 0.273 e. The van der Waals surface area contributed by atoms with Crippen LogP contribution in [-0.2, 0) is 16.6 Å². The van der Waals surface area contributed by atoms with Crippen molar-refractivity contribution in [3.05, 3.63) is 129 Å². The second-order valence-electron chi connectivity index (χ2n) is 9.30. The van der Waals surface area contributed by atoms with Gasteiger partial charge in [-0.05, 0) is 82.5 Å². The van der Waals surface area contributed by atoms with Crippen LogP contribution in [0.2, 0.25) is 5.02 Å². The molecule has 1 N–H and O–H groups in total. The van der Waals surface area contributed by atoms with Crippen LogP contribution >= 0.6 is 27.5 Å². The van der Waals surface area contributed by atoms with E-state index < -0.39 is 15.9 Å². The lowest BCUT2D eigenvalue weighted by atomic mass is 10.1. The van der Waals surface area contributed by atoms with Crippen molar-refractivity contribution in [2.24, 2.45) is 5.10 Å². The lowest BCUT2D eigenvalue weighted by Crippen LogP contribution is -2.33. The number of nitrogens with zero attached hydrogens (tertiary/aromatic N) is 2. The summed E-state index contributed by atoms with van der Waals surface area (Å²) in [5.41, 5.74) is 5.05. The zero-order valence-corrected chi connectivity index (χ0v) is 26.6. The van der Waals surface area contributed by atoms with Crippen molar-refractivity contribution < 1.29 is 22.7 Å². The third-order valence-corrected chi connectivity index (χ3v) is 8.86. The van der Waals surface area contributed by atoms with Gasteiger partial charge >= 0.3 is 0 Å². The summed E-state index contributed by atoms with van der Waals surface area (Å²) in [4.78, 5) is 13.5. The van der Waals surface area contributed by atoms with E-state index in [2.05, 4.69) is 33.0 Å². The van der Waals surface area contributed by atoms with Crippen LogP contribution < -0.4 is 19.2 Å². The first-order valence-corrected chi connectivity index (χ1v) is 15.6. The van der Waals surface area contributed by atoms with Gasteiger partial charge in [0.25, 0.3) is 15.9 Å². The van der Waals surface area contributed by atoms with E-state index in [0.29, 0.717) is 38.7 Å². The Kier molecular flexibility index (Phi) is 10.6. The molecule has 0 spiro atoms. The van der Waals surface area contributed by atoms with Crippen LogP contribution in [-0.4, -0.2) is 34.3 Å². The van der Waals surface area contributed by atoms with E-state index in [9.17, 15) is 13.2 Å². The van der Waals surface area contributed by atoms with E-state index in [0.717, 1.165) is 5.56 Å². The Hall–Kier alpha value is -4.12. The molecule has 222 valence electrons. The molecule has 11 heteroatoms. The second kappa shape index (κ2) is 14.4. The molecule has 0 aliphatic carbocycles. The largest absolute Gasteiger partial charge is 0.493 e. The van der Waals surface area contributed by atoms with Gasteiger partial charge in [0.15, 0.2) is 11.5 Å². The van der Waals surface area contributed by atoms with Crippen molar-refractivity contribution >= 4 is 55.4 Å². The fourth-order valence-electron chi connectivity index (χ4n) is 4.10. The Bertz CT molecular complexity index is 1740. The first-order chi connectivity index (χ1) is 20.6. The number of sulfonamides is 1. The highest BCUT2D eigenvalue weighted by atomic mass is 79.9. The summed E-state index contributed by atoms with van der Waals surface area (Å²) >= 11 is 9.53. The van der Waals surface area contributed by atoms with Gasteiger partial charge < -0.3 is 9.47 Å². The summed E-state index contributed by atoms with van der Waals surface area (Å²) < 4.78 is 40.9. The van der Waals surface area contributed by atoms with E-state index in [1.807, 2.05) is 6.92 Å². The van der Waals surface area contributed by atoms with Crippen LogP contribution in [0.15, 0.2) is 112 Å². The molecule has 0 heterocycles. The maximum Gasteiger partial charge on any atom is 0.273 e. The van der Waals surface area contributed by atoms with Crippen molar-refractivity contribution in [1.29, 1.82) is 0 Å². The van der Waals surface area contributed by atoms with Crippen molar-refractivity contribution in [3.8, 4) is 11.5 Å². The predicted molar refractivity (Wildman–Crippen MR) is 174 cm³/mol. The first-order valence-electron chi connectivity index (χ1n) is 13.0. The topological polar surface area (TPSA) is 97.3 Å². The maximum atomic E-state index is 14.0. The molecule has 0 saturated heterocycles. The first kappa shape index (κ1) is 31.8. The fourth-order valence-corrected chi connectivity index (χ4v) is 6.27. The number of aryl methyl sites for hydroxylation is 1. The average Bonchev–Trinajstić information content (AvgIpc) is 3.00. The highest BCUT2D eigenvalue weighted by Gasteiger charge is 2.28. The number of anilines is 1. The highest BCUT2D eigenvalue weighted by molar-refractivity contribution is 9.10. The Morgan fingerprint density at radius 2 is 1.77 bits per heavy atom. The van der Waals surface area contributed by atoms with Crippen LogP contribution in [0.5, 0.6) is 11.5 Å². The Labute approximate surface area is 264 Å². The number of rotatable bonds is 12. The molecule has 8 nitrogen and oxygen atoms in total. The number of amides is 1. The number of hydrogen-bond acceptors (Lipinski definition) is 6. The minimum atomic E-state index is -4.08. The number of hydrazone groups is 1. The summed E-state index contributed by atoms with van der Waals surface area (Å²) in [5.74, 6) is 0.380. The average molecular weight is 683 g/mol. The van der Waals surface area contributed by atoms with Crippen LogP contribution in [0.1, 0.15) is 27.0 Å². The van der Waals surface area contributed by atoms with Crippen molar-refractivity contribution in [2.75, 3.05) is 18.0 Å². The Morgan fingerprint density at radius 1 is 1.07 bits per heavy atom. The summed E-state index contributed by atoms with van der Waals surface area (Å²) in [6, 6.07) is 23.3. The third-order valence-electron chi connectivity index (χ3n) is 6.24. The van der Waals surface area contributed by atoms with Crippen LogP contribution in [0.25, 0.3) is 0 Å². The number of ether oxygens (including phenoxy) is 2. The molecule has 0 fully saturated rings. The number of halogens is 2. The normalized spacial score (nSPS) is 11.3. The van der Waals surface area contributed by atoms with Gasteiger partial charge in [0.05, 0.1) is 40.5 Å². The number of carbonyl (C=O) groups excluding carboxylic acids is 1. The standard InChI is InChI=1S/C32H29BrClN3O5S/c1-4-17-42-31-28(33)18-24(19-30(31)41-3)20-35-36-32(38)27-7-5-6-8-29(27)37(21-23-11-13-25(34)14-12-23)43(39,40)26-15-9-22(2)10-16-26/h4-16,18-20H,1,17,21H2,2-3H3,(H,36,38)/b35-20+. The summed E-state index contributed by atoms with van der Waals surface area (Å²) in [6.45, 7) is 5.79. The zero-order chi connectivity index (χ0) is 31.0. The van der Waals surface area contributed by atoms with Gasteiger partial charge in [0.2, 0.25) is 0 Å². The SMILES string of the molecule is C=CCOc1c(Br)cc(/C=N/NC(=O)c2ccccc2N(Cc2ccc(Cl)cc2)S(=O)(=O)c2ccc(C)cc2)cc1OC. The van der Waals surface area contributed by atoms with E-state index in [4.69, 9.17) is 21.1 Å². The lowest BCUT2D eigenvalue weighted by Gasteiger charge is -2.26. The van der Waals surface area contributed by atoms with Gasteiger partial charge in [-0.2, -0.15) is 5.10 Å². The summed E-state index contributed by atoms with van der Waals surface area (Å²) in [7, 11) is -2.56. The molecule has 0 radical (unpaired) electrons. The van der Waals surface area contributed by atoms with Crippen molar-refractivity contribution in [2.45, 2.75) is 18.4 Å². The van der Waals surface area contributed by atoms with Gasteiger partial charge in [0.1, 0.15) is 6.61 Å². The zero-order valence-electron chi connectivity index (χ0n) is 23.5. The van der Waals surface area contributed by atoms with Gasteiger partial charge in [-0.1, -0.05) is 66.2 Å². The molecule has 4 aromatic rings. The van der Waals surface area contributed by atoms with Gasteiger partial charge in [-0.15, -0.1) is 0 Å². The van der Waals surface area contributed by atoms with Crippen LogP contribution in [0.3, 0.4) is 0 Å².